The molecule has 128 valence electrons. The number of para-hydroxylation sites is 1. The highest BCUT2D eigenvalue weighted by Gasteiger charge is 2.11. The van der Waals surface area contributed by atoms with E-state index in [-0.39, 0.29) is 13.2 Å². The highest BCUT2D eigenvalue weighted by atomic mass is 16.3. The third-order valence-electron chi connectivity index (χ3n) is 3.91. The summed E-state index contributed by atoms with van der Waals surface area (Å²) in [4.78, 5) is 16.4. The number of amides is 1. The Morgan fingerprint density at radius 1 is 1.16 bits per heavy atom. The number of hydrogen-bond donors (Lipinski definition) is 4. The van der Waals surface area contributed by atoms with E-state index < -0.39 is 12.0 Å². The number of carbonyl (C=O) groups excluding carboxylic acids is 1. The zero-order valence-corrected chi connectivity index (χ0v) is 13.5. The van der Waals surface area contributed by atoms with E-state index in [1.54, 1.807) is 6.07 Å². The average Bonchev–Trinajstić information content (AvgIpc) is 2.65. The highest BCUT2D eigenvalue weighted by molar-refractivity contribution is 6.06. The molecule has 1 amide bonds. The van der Waals surface area contributed by atoms with E-state index in [4.69, 9.17) is 10.8 Å². The Balaban J connectivity index is 1.92. The standard InChI is InChI=1S/C19H19N3O3/c20-19(25)16-9-18(22-17-4-2-1-3-15(16)17)12-5-7-13(8-6-12)21-10-14(24)11-23/h1-9,14,21,23-24H,10-11H2,(H2,20,25). The first-order valence-electron chi connectivity index (χ1n) is 7.91. The molecule has 0 fully saturated rings. The molecule has 1 heterocycles. The van der Waals surface area contributed by atoms with E-state index in [1.807, 2.05) is 48.5 Å². The number of hydrogen-bond acceptors (Lipinski definition) is 5. The first kappa shape index (κ1) is 16.9. The molecular formula is C19H19N3O3. The molecule has 6 heteroatoms. The molecule has 1 unspecified atom stereocenters. The maximum atomic E-state index is 11.8. The molecule has 6 nitrogen and oxygen atoms in total. The molecule has 1 aromatic heterocycles. The van der Waals surface area contributed by atoms with Crippen molar-refractivity contribution in [2.24, 2.45) is 5.73 Å². The Kier molecular flexibility index (Phi) is 4.92. The van der Waals surface area contributed by atoms with Crippen molar-refractivity contribution < 1.29 is 15.0 Å². The smallest absolute Gasteiger partial charge is 0.249 e. The van der Waals surface area contributed by atoms with Crippen LogP contribution in [0.5, 0.6) is 0 Å². The van der Waals surface area contributed by atoms with Crippen molar-refractivity contribution in [3.05, 3.63) is 60.2 Å². The van der Waals surface area contributed by atoms with Crippen LogP contribution in [0.3, 0.4) is 0 Å². The lowest BCUT2D eigenvalue weighted by Crippen LogP contribution is -2.22. The number of pyridine rings is 1. The van der Waals surface area contributed by atoms with Gasteiger partial charge in [0.25, 0.3) is 0 Å². The van der Waals surface area contributed by atoms with Gasteiger partial charge in [-0.2, -0.15) is 0 Å². The Morgan fingerprint density at radius 3 is 2.56 bits per heavy atom. The number of nitrogens with zero attached hydrogens (tertiary/aromatic N) is 1. The summed E-state index contributed by atoms with van der Waals surface area (Å²) in [6, 6.07) is 16.5. The van der Waals surface area contributed by atoms with E-state index >= 15 is 0 Å². The van der Waals surface area contributed by atoms with Crippen molar-refractivity contribution in [1.82, 2.24) is 4.98 Å². The summed E-state index contributed by atoms with van der Waals surface area (Å²) in [5.74, 6) is -0.490. The second kappa shape index (κ2) is 7.29. The number of rotatable bonds is 6. The number of carbonyl (C=O) groups is 1. The maximum absolute atomic E-state index is 11.8. The maximum Gasteiger partial charge on any atom is 0.249 e. The number of aromatic nitrogens is 1. The van der Waals surface area contributed by atoms with E-state index in [0.29, 0.717) is 16.8 Å². The molecule has 0 aliphatic rings. The fourth-order valence-corrected chi connectivity index (χ4v) is 2.59. The van der Waals surface area contributed by atoms with E-state index in [2.05, 4.69) is 10.3 Å². The minimum atomic E-state index is -0.806. The minimum Gasteiger partial charge on any atom is -0.394 e. The van der Waals surface area contributed by atoms with Gasteiger partial charge in [0, 0.05) is 23.2 Å². The van der Waals surface area contributed by atoms with Crippen molar-refractivity contribution in [2.75, 3.05) is 18.5 Å². The second-order valence-electron chi connectivity index (χ2n) is 5.73. The van der Waals surface area contributed by atoms with Crippen LogP contribution in [-0.2, 0) is 0 Å². The number of aliphatic hydroxyl groups is 2. The summed E-state index contributed by atoms with van der Waals surface area (Å²) in [6.07, 6.45) is -0.806. The molecule has 3 rings (SSSR count). The summed E-state index contributed by atoms with van der Waals surface area (Å²) in [5, 5.41) is 22.0. The molecule has 0 spiro atoms. The van der Waals surface area contributed by atoms with Crippen molar-refractivity contribution in [3.63, 3.8) is 0 Å². The summed E-state index contributed by atoms with van der Waals surface area (Å²) in [7, 11) is 0. The van der Waals surface area contributed by atoms with Crippen LogP contribution in [0.15, 0.2) is 54.6 Å². The number of nitrogens with one attached hydrogen (secondary N) is 1. The quantitative estimate of drug-likeness (QED) is 0.548. The Morgan fingerprint density at radius 2 is 1.88 bits per heavy atom. The van der Waals surface area contributed by atoms with Crippen molar-refractivity contribution in [2.45, 2.75) is 6.10 Å². The third kappa shape index (κ3) is 3.76. The van der Waals surface area contributed by atoms with Gasteiger partial charge in [0.2, 0.25) is 5.91 Å². The van der Waals surface area contributed by atoms with Crippen LogP contribution in [0, 0.1) is 0 Å². The number of benzene rings is 2. The van der Waals surface area contributed by atoms with Gasteiger partial charge in [-0.05, 0) is 24.3 Å². The van der Waals surface area contributed by atoms with Crippen molar-refractivity contribution in [1.29, 1.82) is 0 Å². The van der Waals surface area contributed by atoms with Gasteiger partial charge in [-0.15, -0.1) is 0 Å². The van der Waals surface area contributed by atoms with Crippen LogP contribution in [-0.4, -0.2) is 40.4 Å². The predicted molar refractivity (Wildman–Crippen MR) is 97.3 cm³/mol. The van der Waals surface area contributed by atoms with Crippen molar-refractivity contribution >= 4 is 22.5 Å². The number of primary amides is 1. The highest BCUT2D eigenvalue weighted by Crippen LogP contribution is 2.25. The summed E-state index contributed by atoms with van der Waals surface area (Å²) in [5.41, 5.74) is 8.98. The normalized spacial score (nSPS) is 12.1. The van der Waals surface area contributed by atoms with Crippen LogP contribution >= 0.6 is 0 Å². The lowest BCUT2D eigenvalue weighted by Gasteiger charge is -2.11. The number of anilines is 1. The molecule has 2 aromatic carbocycles. The second-order valence-corrected chi connectivity index (χ2v) is 5.73. The van der Waals surface area contributed by atoms with Crippen LogP contribution < -0.4 is 11.1 Å². The largest absolute Gasteiger partial charge is 0.394 e. The molecule has 25 heavy (non-hydrogen) atoms. The number of fused-ring (bicyclic) bond motifs is 1. The van der Waals surface area contributed by atoms with E-state index in [1.165, 1.54) is 0 Å². The Hall–Kier alpha value is -2.96. The van der Waals surface area contributed by atoms with Gasteiger partial charge >= 0.3 is 0 Å². The zero-order chi connectivity index (χ0) is 17.8. The molecule has 0 aliphatic heterocycles. The number of aliphatic hydroxyl groups excluding tert-OH is 2. The summed E-state index contributed by atoms with van der Waals surface area (Å²) < 4.78 is 0. The van der Waals surface area contributed by atoms with Gasteiger partial charge in [0.1, 0.15) is 0 Å². The van der Waals surface area contributed by atoms with E-state index in [9.17, 15) is 9.90 Å². The van der Waals surface area contributed by atoms with Gasteiger partial charge < -0.3 is 21.3 Å². The molecule has 0 bridgehead atoms. The monoisotopic (exact) mass is 337 g/mol. The fraction of sp³-hybridized carbons (Fsp3) is 0.158. The molecule has 3 aromatic rings. The topological polar surface area (TPSA) is 108 Å². The predicted octanol–water partition coefficient (Wildman–Crippen LogP) is 1.77. The van der Waals surface area contributed by atoms with Crippen LogP contribution in [0.1, 0.15) is 10.4 Å². The molecule has 0 saturated heterocycles. The van der Waals surface area contributed by atoms with Crippen LogP contribution in [0.25, 0.3) is 22.2 Å². The lowest BCUT2D eigenvalue weighted by atomic mass is 10.0. The molecule has 0 saturated carbocycles. The van der Waals surface area contributed by atoms with Gasteiger partial charge in [-0.1, -0.05) is 30.3 Å². The SMILES string of the molecule is NC(=O)c1cc(-c2ccc(NCC(O)CO)cc2)nc2ccccc12. The Labute approximate surface area is 144 Å². The first-order chi connectivity index (χ1) is 12.1. The minimum absolute atomic E-state index is 0.260. The van der Waals surface area contributed by atoms with Gasteiger partial charge in [-0.25, -0.2) is 4.98 Å². The Bertz CT molecular complexity index is 894. The fourth-order valence-electron chi connectivity index (χ4n) is 2.59. The number of nitrogens with two attached hydrogens (primary N) is 1. The molecule has 0 radical (unpaired) electrons. The van der Waals surface area contributed by atoms with Crippen LogP contribution in [0.4, 0.5) is 5.69 Å². The van der Waals surface area contributed by atoms with Gasteiger partial charge in [-0.3, -0.25) is 4.79 Å². The lowest BCUT2D eigenvalue weighted by molar-refractivity contribution is 0.100. The van der Waals surface area contributed by atoms with Crippen LogP contribution in [0.2, 0.25) is 0 Å². The summed E-state index contributed by atoms with van der Waals surface area (Å²) in [6.45, 7) is -0.0299. The molecule has 0 aliphatic carbocycles. The first-order valence-corrected chi connectivity index (χ1v) is 7.91. The average molecular weight is 337 g/mol. The van der Waals surface area contributed by atoms with Crippen molar-refractivity contribution in [3.8, 4) is 11.3 Å². The summed E-state index contributed by atoms with van der Waals surface area (Å²) >= 11 is 0. The molecular weight excluding hydrogens is 318 g/mol. The van der Waals surface area contributed by atoms with Gasteiger partial charge in [0.05, 0.1) is 29.5 Å². The van der Waals surface area contributed by atoms with Gasteiger partial charge in [0.15, 0.2) is 0 Å². The molecule has 1 atom stereocenters. The molecule has 5 N–H and O–H groups in total. The van der Waals surface area contributed by atoms with E-state index in [0.717, 1.165) is 16.6 Å². The third-order valence-corrected chi connectivity index (χ3v) is 3.91. The zero-order valence-electron chi connectivity index (χ0n) is 13.5.